The highest BCUT2D eigenvalue weighted by atomic mass is 19.4. The van der Waals surface area contributed by atoms with Gasteiger partial charge in [-0.05, 0) is 101 Å². The molecule has 1 aliphatic rings. The van der Waals surface area contributed by atoms with E-state index in [2.05, 4.69) is 5.32 Å². The molecule has 13 heteroatoms. The molecule has 264 valence electrons. The molecule has 49 heavy (non-hydrogen) atoms. The zero-order valence-electron chi connectivity index (χ0n) is 29.1. The van der Waals surface area contributed by atoms with Crippen molar-refractivity contribution in [2.45, 2.75) is 90.7 Å². The fourth-order valence-electron chi connectivity index (χ4n) is 5.19. The number of methoxy groups -OCH3 is 1. The number of alkyl halides is 3. The second-order valence-electron chi connectivity index (χ2n) is 14.0. The van der Waals surface area contributed by atoms with Gasteiger partial charge in [0.05, 0.1) is 42.4 Å². The van der Waals surface area contributed by atoms with Crippen LogP contribution in [0.5, 0.6) is 5.75 Å². The van der Waals surface area contributed by atoms with Gasteiger partial charge in [-0.25, -0.2) is 0 Å². The molecule has 0 bridgehead atoms. The summed E-state index contributed by atoms with van der Waals surface area (Å²) in [5.74, 6) is -1.04. The zero-order valence-corrected chi connectivity index (χ0v) is 29.1. The first-order chi connectivity index (χ1) is 22.7. The number of ether oxygens (including phenoxy) is 2. The van der Waals surface area contributed by atoms with Crippen molar-refractivity contribution in [1.82, 2.24) is 4.90 Å². The van der Waals surface area contributed by atoms with Gasteiger partial charge in [0.25, 0.3) is 5.91 Å². The molecule has 3 aromatic carbocycles. The van der Waals surface area contributed by atoms with E-state index in [1.54, 1.807) is 20.8 Å². The van der Waals surface area contributed by atoms with Crippen LogP contribution < -0.4 is 15.5 Å². The Morgan fingerprint density at radius 1 is 0.939 bits per heavy atom. The number of hydrogen-bond acceptors (Lipinski definition) is 7. The van der Waals surface area contributed by atoms with E-state index >= 15 is 0 Å². The lowest BCUT2D eigenvalue weighted by molar-refractivity contribution is -0.171. The predicted octanol–water partition coefficient (Wildman–Crippen LogP) is 5.97. The van der Waals surface area contributed by atoms with E-state index in [9.17, 15) is 27.9 Å². The van der Waals surface area contributed by atoms with Gasteiger partial charge >= 0.3 is 13.3 Å². The van der Waals surface area contributed by atoms with Gasteiger partial charge in [0.15, 0.2) is 6.29 Å². The number of aliphatic hydroxyl groups excluding tert-OH is 1. The standard InChI is InChI=1S/C36H44BF3N2O7/c1-33(2,3)47-31(44)22-42(21-23-9-14-26(15-10-23)37-48-34(4,5)35(6,7)49-37)32(45)24-11-16-27(17-12-24)41-30(43)19-25-13-18-28(46-8)20-29(25)36(38,39)40/h9-18,20,31,44H,19,21-22H2,1-8H3,(H,41,43). The number of benzene rings is 3. The van der Waals surface area contributed by atoms with Crippen LogP contribution >= 0.6 is 0 Å². The van der Waals surface area contributed by atoms with Crippen LogP contribution in [0.25, 0.3) is 0 Å². The summed E-state index contributed by atoms with van der Waals surface area (Å²) in [7, 11) is 0.721. The summed E-state index contributed by atoms with van der Waals surface area (Å²) in [6.07, 6.45) is -6.46. The Bertz CT molecular complexity index is 1610. The third kappa shape index (κ3) is 9.84. The van der Waals surface area contributed by atoms with Crippen LogP contribution in [0.1, 0.15) is 75.5 Å². The zero-order chi connectivity index (χ0) is 36.4. The lowest BCUT2D eigenvalue weighted by atomic mass is 9.79. The minimum absolute atomic E-state index is 0.0295. The van der Waals surface area contributed by atoms with Crippen molar-refractivity contribution in [2.24, 2.45) is 0 Å². The molecule has 9 nitrogen and oxygen atoms in total. The number of carbonyl (C=O) groups is 2. The van der Waals surface area contributed by atoms with Gasteiger partial charge in [0, 0.05) is 17.8 Å². The number of nitrogens with zero attached hydrogens (tertiary/aromatic N) is 1. The quantitative estimate of drug-likeness (QED) is 0.190. The van der Waals surface area contributed by atoms with Crippen molar-refractivity contribution in [3.05, 3.63) is 89.0 Å². The molecule has 0 saturated carbocycles. The first-order valence-corrected chi connectivity index (χ1v) is 15.9. The molecular formula is C36H44BF3N2O7. The maximum atomic E-state index is 13.7. The molecule has 1 aliphatic heterocycles. The number of hydrogen-bond donors (Lipinski definition) is 2. The molecule has 2 N–H and O–H groups in total. The molecule has 4 rings (SSSR count). The normalized spacial score (nSPS) is 16.3. The molecule has 1 unspecified atom stereocenters. The van der Waals surface area contributed by atoms with Gasteiger partial charge in [-0.15, -0.1) is 0 Å². The maximum absolute atomic E-state index is 13.7. The summed E-state index contributed by atoms with van der Waals surface area (Å²) >= 11 is 0. The van der Waals surface area contributed by atoms with Gasteiger partial charge in [0.1, 0.15) is 5.75 Å². The summed E-state index contributed by atoms with van der Waals surface area (Å²) in [5.41, 5.74) is -0.619. The Balaban J connectivity index is 1.47. The van der Waals surface area contributed by atoms with Crippen LogP contribution in [0.3, 0.4) is 0 Å². The minimum Gasteiger partial charge on any atom is -0.497 e. The van der Waals surface area contributed by atoms with Crippen LogP contribution in [-0.2, 0) is 38.0 Å². The summed E-state index contributed by atoms with van der Waals surface area (Å²) in [5, 5.41) is 13.3. The lowest BCUT2D eigenvalue weighted by Gasteiger charge is -2.32. The second-order valence-corrected chi connectivity index (χ2v) is 14.0. The number of aliphatic hydroxyl groups is 1. The number of amides is 2. The number of carbonyl (C=O) groups excluding carboxylic acids is 2. The van der Waals surface area contributed by atoms with E-state index in [0.29, 0.717) is 5.69 Å². The third-order valence-corrected chi connectivity index (χ3v) is 8.42. The highest BCUT2D eigenvalue weighted by molar-refractivity contribution is 6.62. The van der Waals surface area contributed by atoms with Gasteiger partial charge in [0.2, 0.25) is 5.91 Å². The van der Waals surface area contributed by atoms with Crippen molar-refractivity contribution in [3.8, 4) is 5.75 Å². The Labute approximate surface area is 285 Å². The number of nitrogens with one attached hydrogen (secondary N) is 1. The van der Waals surface area contributed by atoms with Crippen LogP contribution in [0.2, 0.25) is 0 Å². The predicted molar refractivity (Wildman–Crippen MR) is 181 cm³/mol. The summed E-state index contributed by atoms with van der Waals surface area (Å²) in [6, 6.07) is 16.9. The fraction of sp³-hybridized carbons (Fsp3) is 0.444. The van der Waals surface area contributed by atoms with E-state index in [1.807, 2.05) is 52.0 Å². The topological polar surface area (TPSA) is 107 Å². The van der Waals surface area contributed by atoms with Crippen LogP contribution in [0, 0.1) is 0 Å². The van der Waals surface area contributed by atoms with Gasteiger partial charge in [-0.2, -0.15) is 13.2 Å². The third-order valence-electron chi connectivity index (χ3n) is 8.42. The van der Waals surface area contributed by atoms with E-state index in [4.69, 9.17) is 18.8 Å². The van der Waals surface area contributed by atoms with Gasteiger partial charge in [-0.3, -0.25) is 9.59 Å². The van der Waals surface area contributed by atoms with Crippen molar-refractivity contribution in [1.29, 1.82) is 0 Å². The smallest absolute Gasteiger partial charge is 0.494 e. The highest BCUT2D eigenvalue weighted by Gasteiger charge is 2.51. The van der Waals surface area contributed by atoms with Crippen molar-refractivity contribution in [2.75, 3.05) is 19.0 Å². The largest absolute Gasteiger partial charge is 0.497 e. The summed E-state index contributed by atoms with van der Waals surface area (Å²) < 4.78 is 63.7. The average Bonchev–Trinajstić information content (AvgIpc) is 3.22. The van der Waals surface area contributed by atoms with Gasteiger partial charge < -0.3 is 34.1 Å². The van der Waals surface area contributed by atoms with Crippen LogP contribution in [-0.4, -0.2) is 65.7 Å². The Morgan fingerprint density at radius 3 is 2.06 bits per heavy atom. The molecule has 3 aromatic rings. The van der Waals surface area contributed by atoms with Crippen LogP contribution in [0.15, 0.2) is 66.7 Å². The minimum atomic E-state index is -4.67. The maximum Gasteiger partial charge on any atom is 0.494 e. The van der Waals surface area contributed by atoms with E-state index < -0.39 is 60.2 Å². The molecule has 0 radical (unpaired) electrons. The van der Waals surface area contributed by atoms with E-state index in [0.717, 1.165) is 17.1 Å². The van der Waals surface area contributed by atoms with E-state index in [1.165, 1.54) is 48.4 Å². The first kappa shape index (κ1) is 37.9. The Hall–Kier alpha value is -3.91. The monoisotopic (exact) mass is 684 g/mol. The fourth-order valence-corrected chi connectivity index (χ4v) is 5.19. The molecule has 1 fully saturated rings. The van der Waals surface area contributed by atoms with Crippen LogP contribution in [0.4, 0.5) is 18.9 Å². The molecule has 1 atom stereocenters. The second kappa shape index (κ2) is 14.5. The SMILES string of the molecule is COc1ccc(CC(=O)Nc2ccc(C(=O)N(Cc3ccc(B4OC(C)(C)C(C)(C)O4)cc3)CC(O)OC(C)(C)C)cc2)c(C(F)(F)F)c1. The number of halogens is 3. The van der Waals surface area contributed by atoms with Crippen molar-refractivity contribution < 1.29 is 46.6 Å². The number of rotatable bonds is 11. The lowest BCUT2D eigenvalue weighted by Crippen LogP contribution is -2.41. The van der Waals surface area contributed by atoms with Crippen molar-refractivity contribution in [3.63, 3.8) is 0 Å². The van der Waals surface area contributed by atoms with Crippen molar-refractivity contribution >= 4 is 30.1 Å². The molecule has 0 aromatic heterocycles. The molecule has 1 saturated heterocycles. The molecule has 2 amide bonds. The van der Waals surface area contributed by atoms with Gasteiger partial charge in [-0.1, -0.05) is 30.3 Å². The highest BCUT2D eigenvalue weighted by Crippen LogP contribution is 2.37. The average molecular weight is 685 g/mol. The van der Waals surface area contributed by atoms with E-state index in [-0.39, 0.29) is 30.0 Å². The first-order valence-electron chi connectivity index (χ1n) is 15.9. The Kier molecular flexibility index (Phi) is 11.2. The Morgan fingerprint density at radius 2 is 1.53 bits per heavy atom. The number of anilines is 1. The molecule has 1 heterocycles. The molecule has 0 spiro atoms. The summed E-state index contributed by atoms with van der Waals surface area (Å²) in [4.78, 5) is 27.9. The molecule has 0 aliphatic carbocycles. The molecular weight excluding hydrogens is 640 g/mol. The summed E-state index contributed by atoms with van der Waals surface area (Å²) in [6.45, 7) is 13.3.